The highest BCUT2D eigenvalue weighted by Gasteiger charge is 2.45. The molecule has 33 heavy (non-hydrogen) atoms. The lowest BCUT2D eigenvalue weighted by molar-refractivity contribution is -0.117. The Labute approximate surface area is 196 Å². The van der Waals surface area contributed by atoms with Crippen molar-refractivity contribution >= 4 is 44.3 Å². The number of pyridine rings is 1. The summed E-state index contributed by atoms with van der Waals surface area (Å²) in [6, 6.07) is 17.8. The van der Waals surface area contributed by atoms with Crippen LogP contribution in [0.15, 0.2) is 93.3 Å². The largest absolute Gasteiger partial charge is 0.503 e. The summed E-state index contributed by atoms with van der Waals surface area (Å²) >= 11 is 3.39. The minimum Gasteiger partial charge on any atom is -0.503 e. The first-order valence-electron chi connectivity index (χ1n) is 9.88. The van der Waals surface area contributed by atoms with Crippen molar-refractivity contribution in [2.45, 2.75) is 6.04 Å². The molecule has 0 fully saturated rings. The summed E-state index contributed by atoms with van der Waals surface area (Å²) in [5, 5.41) is 20.6. The van der Waals surface area contributed by atoms with E-state index in [1.165, 1.54) is 11.1 Å². The monoisotopic (exact) mass is 499 g/mol. The van der Waals surface area contributed by atoms with E-state index in [1.807, 2.05) is 12.1 Å². The Hall–Kier alpha value is -4.22. The number of aromatic nitrogens is 1. The van der Waals surface area contributed by atoms with Gasteiger partial charge in [-0.2, -0.15) is 5.26 Å². The number of anilines is 1. The lowest BCUT2D eigenvalue weighted by Crippen LogP contribution is -2.31. The molecule has 5 rings (SSSR count). The Balaban J connectivity index is 1.64. The van der Waals surface area contributed by atoms with Gasteiger partial charge in [-0.05, 0) is 60.2 Å². The molecule has 4 aromatic rings. The number of nitrogens with zero attached hydrogens (tertiary/aromatic N) is 3. The molecule has 7 nitrogen and oxygen atoms in total. The van der Waals surface area contributed by atoms with Crippen LogP contribution in [0.25, 0.3) is 11.0 Å². The number of amides is 1. The van der Waals surface area contributed by atoms with E-state index in [-0.39, 0.29) is 11.3 Å². The third-order valence-electron chi connectivity index (χ3n) is 5.43. The highest BCUT2D eigenvalue weighted by atomic mass is 79.9. The molecule has 0 saturated heterocycles. The molecule has 0 aliphatic carbocycles. The molecule has 160 valence electrons. The second-order valence-corrected chi connectivity index (χ2v) is 8.32. The standard InChI is InChI=1S/C25H14BrN3O4/c26-17-5-8-19-16(10-17)11-20(33-19)23(30)21-22(15-2-1-9-28-13-15)29(25(32)24(21)31)18-6-3-14(12-27)4-7-18/h1-11,13,22,31H. The number of nitriles is 1. The van der Waals surface area contributed by atoms with Gasteiger partial charge >= 0.3 is 0 Å². The Kier molecular flexibility index (Phi) is 5.04. The molecule has 0 bridgehead atoms. The van der Waals surface area contributed by atoms with Gasteiger partial charge in [0.05, 0.1) is 23.2 Å². The van der Waals surface area contributed by atoms with Crippen LogP contribution in [-0.4, -0.2) is 21.8 Å². The Bertz CT molecular complexity index is 1480. The van der Waals surface area contributed by atoms with Crippen molar-refractivity contribution in [3.8, 4) is 6.07 Å². The molecule has 1 atom stereocenters. The molecule has 0 saturated carbocycles. The fraction of sp³-hybridized carbons (Fsp3) is 0.0400. The van der Waals surface area contributed by atoms with Crippen molar-refractivity contribution in [2.75, 3.05) is 4.90 Å². The predicted molar refractivity (Wildman–Crippen MR) is 124 cm³/mol. The molecular weight excluding hydrogens is 486 g/mol. The van der Waals surface area contributed by atoms with Crippen LogP contribution in [0.3, 0.4) is 0 Å². The molecule has 1 aliphatic heterocycles. The number of halogens is 1. The zero-order valence-electron chi connectivity index (χ0n) is 16.9. The van der Waals surface area contributed by atoms with Crippen LogP contribution in [0.4, 0.5) is 5.69 Å². The van der Waals surface area contributed by atoms with E-state index in [9.17, 15) is 14.7 Å². The second-order valence-electron chi connectivity index (χ2n) is 7.41. The van der Waals surface area contributed by atoms with Gasteiger partial charge in [0.1, 0.15) is 5.58 Å². The van der Waals surface area contributed by atoms with Gasteiger partial charge in [0.2, 0.25) is 5.78 Å². The van der Waals surface area contributed by atoms with Gasteiger partial charge in [-0.1, -0.05) is 22.0 Å². The topological polar surface area (TPSA) is 107 Å². The number of carbonyl (C=O) groups is 2. The van der Waals surface area contributed by atoms with Crippen molar-refractivity contribution < 1.29 is 19.1 Å². The number of fused-ring (bicyclic) bond motifs is 1. The van der Waals surface area contributed by atoms with Gasteiger partial charge in [-0.3, -0.25) is 19.5 Å². The van der Waals surface area contributed by atoms with E-state index in [4.69, 9.17) is 9.68 Å². The second kappa shape index (κ2) is 8.04. The van der Waals surface area contributed by atoms with Crippen molar-refractivity contribution in [2.24, 2.45) is 0 Å². The number of carbonyl (C=O) groups excluding carboxylic acids is 2. The molecule has 2 aromatic heterocycles. The quantitative estimate of drug-likeness (QED) is 0.384. The predicted octanol–water partition coefficient (Wildman–Crippen LogP) is 5.24. The van der Waals surface area contributed by atoms with Crippen LogP contribution >= 0.6 is 15.9 Å². The maximum absolute atomic E-state index is 13.6. The third kappa shape index (κ3) is 3.49. The van der Waals surface area contributed by atoms with Crippen molar-refractivity contribution in [3.05, 3.63) is 106 Å². The summed E-state index contributed by atoms with van der Waals surface area (Å²) in [6.45, 7) is 0. The summed E-state index contributed by atoms with van der Waals surface area (Å²) in [5.74, 6) is -1.97. The van der Waals surface area contributed by atoms with E-state index >= 15 is 0 Å². The number of rotatable bonds is 4. The minimum atomic E-state index is -0.924. The van der Waals surface area contributed by atoms with Gasteiger partial charge in [0.25, 0.3) is 5.91 Å². The number of ketones is 1. The first kappa shape index (κ1) is 20.7. The average Bonchev–Trinajstić information content (AvgIpc) is 3.38. The fourth-order valence-corrected chi connectivity index (χ4v) is 4.29. The van der Waals surface area contributed by atoms with Gasteiger partial charge < -0.3 is 9.52 Å². The zero-order valence-corrected chi connectivity index (χ0v) is 18.5. The molecule has 3 heterocycles. The van der Waals surface area contributed by atoms with Crippen LogP contribution in [-0.2, 0) is 4.79 Å². The molecular formula is C25H14BrN3O4. The number of aliphatic hydroxyl groups is 1. The summed E-state index contributed by atoms with van der Waals surface area (Å²) < 4.78 is 6.57. The maximum atomic E-state index is 13.6. The van der Waals surface area contributed by atoms with Gasteiger partial charge in [-0.25, -0.2) is 0 Å². The SMILES string of the molecule is N#Cc1ccc(N2C(=O)C(O)=C(C(=O)c3cc4cc(Br)ccc4o3)C2c2cccnc2)cc1. The lowest BCUT2D eigenvalue weighted by Gasteiger charge is -2.26. The number of furan rings is 1. The van der Waals surface area contributed by atoms with Gasteiger partial charge in [0, 0.05) is 27.9 Å². The first-order valence-corrected chi connectivity index (χ1v) is 10.7. The Morgan fingerprint density at radius 3 is 2.64 bits per heavy atom. The van der Waals surface area contributed by atoms with E-state index in [1.54, 1.807) is 60.8 Å². The molecule has 1 amide bonds. The van der Waals surface area contributed by atoms with Crippen LogP contribution in [0, 0.1) is 11.3 Å². The van der Waals surface area contributed by atoms with Crippen molar-refractivity contribution in [1.29, 1.82) is 5.26 Å². The average molecular weight is 500 g/mol. The van der Waals surface area contributed by atoms with E-state index in [0.29, 0.717) is 27.8 Å². The molecule has 0 spiro atoms. The maximum Gasteiger partial charge on any atom is 0.294 e. The zero-order chi connectivity index (χ0) is 23.1. The Morgan fingerprint density at radius 2 is 1.94 bits per heavy atom. The minimum absolute atomic E-state index is 0.00742. The van der Waals surface area contributed by atoms with Crippen molar-refractivity contribution in [3.63, 3.8) is 0 Å². The molecule has 1 aliphatic rings. The summed E-state index contributed by atoms with van der Waals surface area (Å²) in [4.78, 5) is 32.1. The molecule has 8 heteroatoms. The molecule has 0 radical (unpaired) electrons. The van der Waals surface area contributed by atoms with Gasteiger partial charge in [-0.15, -0.1) is 0 Å². The number of benzene rings is 2. The van der Waals surface area contributed by atoms with Crippen LogP contribution in [0.1, 0.15) is 27.7 Å². The number of Topliss-reactive ketones (excluding diaryl/α,β-unsaturated/α-hetero) is 1. The highest BCUT2D eigenvalue weighted by molar-refractivity contribution is 9.10. The summed E-state index contributed by atoms with van der Waals surface area (Å²) in [6.07, 6.45) is 3.12. The van der Waals surface area contributed by atoms with Crippen LogP contribution in [0.2, 0.25) is 0 Å². The number of aliphatic hydroxyl groups excluding tert-OH is 1. The highest BCUT2D eigenvalue weighted by Crippen LogP contribution is 2.42. The lowest BCUT2D eigenvalue weighted by atomic mass is 9.96. The van der Waals surface area contributed by atoms with E-state index < -0.39 is 23.5 Å². The molecule has 2 aromatic carbocycles. The summed E-state index contributed by atoms with van der Waals surface area (Å²) in [5.41, 5.74) is 1.80. The van der Waals surface area contributed by atoms with E-state index in [2.05, 4.69) is 20.9 Å². The fourth-order valence-electron chi connectivity index (χ4n) is 3.91. The van der Waals surface area contributed by atoms with Crippen LogP contribution in [0.5, 0.6) is 0 Å². The number of hydrogen-bond acceptors (Lipinski definition) is 6. The van der Waals surface area contributed by atoms with E-state index in [0.717, 1.165) is 4.47 Å². The smallest absolute Gasteiger partial charge is 0.294 e. The normalized spacial score (nSPS) is 15.8. The Morgan fingerprint density at radius 1 is 1.15 bits per heavy atom. The number of hydrogen-bond donors (Lipinski definition) is 1. The third-order valence-corrected chi connectivity index (χ3v) is 5.92. The molecule has 1 N–H and O–H groups in total. The molecule has 1 unspecified atom stereocenters. The first-order chi connectivity index (χ1) is 16.0. The van der Waals surface area contributed by atoms with Crippen molar-refractivity contribution in [1.82, 2.24) is 4.98 Å². The van der Waals surface area contributed by atoms with Crippen LogP contribution < -0.4 is 4.90 Å². The van der Waals surface area contributed by atoms with Gasteiger partial charge in [0.15, 0.2) is 11.5 Å². The summed E-state index contributed by atoms with van der Waals surface area (Å²) in [7, 11) is 0.